The van der Waals surface area contributed by atoms with Crippen LogP contribution in [0.3, 0.4) is 0 Å². The summed E-state index contributed by atoms with van der Waals surface area (Å²) in [6.45, 7) is 6.56. The Kier molecular flexibility index (Phi) is 8.11. The van der Waals surface area contributed by atoms with Crippen LogP contribution in [0.4, 0.5) is 0 Å². The summed E-state index contributed by atoms with van der Waals surface area (Å²) in [5.74, 6) is 0.264. The largest absolute Gasteiger partial charge is 0.346 e. The molecule has 1 atom stereocenters. The molecule has 20 heavy (non-hydrogen) atoms. The minimum atomic E-state index is -0.415. The molecule has 1 unspecified atom stereocenters. The number of nitrogens with one attached hydrogen (secondary N) is 1. The van der Waals surface area contributed by atoms with E-state index in [-0.39, 0.29) is 18.3 Å². The highest BCUT2D eigenvalue weighted by molar-refractivity contribution is 9.10. The van der Waals surface area contributed by atoms with Crippen LogP contribution in [0.5, 0.6) is 0 Å². The van der Waals surface area contributed by atoms with Crippen molar-refractivity contribution in [2.24, 2.45) is 11.7 Å². The molecule has 0 saturated carbocycles. The number of benzene rings is 1. The van der Waals surface area contributed by atoms with Crippen LogP contribution in [0.25, 0.3) is 0 Å². The monoisotopic (exact) mass is 382 g/mol. The zero-order valence-electron chi connectivity index (χ0n) is 11.9. The number of nitrogens with two attached hydrogens (primary N) is 1. The van der Waals surface area contributed by atoms with Crippen molar-refractivity contribution in [1.29, 1.82) is 0 Å². The van der Waals surface area contributed by atoms with Gasteiger partial charge in [0.2, 0.25) is 0 Å². The van der Waals surface area contributed by atoms with Crippen LogP contribution in [-0.4, -0.2) is 18.0 Å². The minimum Gasteiger partial charge on any atom is -0.346 e. The fourth-order valence-corrected chi connectivity index (χ4v) is 2.86. The molecule has 0 radical (unpaired) electrons. The highest BCUT2D eigenvalue weighted by Crippen LogP contribution is 2.23. The third-order valence-corrected chi connectivity index (χ3v) is 3.71. The molecule has 0 aliphatic heterocycles. The minimum absolute atomic E-state index is 0. The molecule has 1 aromatic carbocycles. The Balaban J connectivity index is 0.00000361. The van der Waals surface area contributed by atoms with Crippen molar-refractivity contribution in [3.05, 3.63) is 33.3 Å². The molecule has 1 aromatic rings. The Bertz CT molecular complexity index is 468. The van der Waals surface area contributed by atoms with Gasteiger partial charge >= 0.3 is 0 Å². The predicted octanol–water partition coefficient (Wildman–Crippen LogP) is 4.02. The third kappa shape index (κ3) is 5.60. The molecule has 0 bridgehead atoms. The van der Waals surface area contributed by atoms with E-state index in [1.165, 1.54) is 0 Å². The van der Waals surface area contributed by atoms with Gasteiger partial charge in [0.05, 0.1) is 10.6 Å². The van der Waals surface area contributed by atoms with Crippen LogP contribution in [0, 0.1) is 5.92 Å². The van der Waals surface area contributed by atoms with E-state index in [1.807, 2.05) is 6.92 Å². The molecule has 3 N–H and O–H groups in total. The lowest BCUT2D eigenvalue weighted by Crippen LogP contribution is -2.52. The second kappa shape index (κ2) is 8.23. The molecule has 0 aliphatic carbocycles. The summed E-state index contributed by atoms with van der Waals surface area (Å²) in [5, 5.41) is 3.41. The first kappa shape index (κ1) is 19.7. The average molecular weight is 384 g/mol. The highest BCUT2D eigenvalue weighted by Gasteiger charge is 2.27. The Morgan fingerprint density at radius 3 is 2.55 bits per heavy atom. The van der Waals surface area contributed by atoms with Crippen LogP contribution < -0.4 is 11.1 Å². The molecule has 0 fully saturated rings. The van der Waals surface area contributed by atoms with Crippen LogP contribution in [-0.2, 0) is 0 Å². The summed E-state index contributed by atoms with van der Waals surface area (Å²) < 4.78 is 0.845. The number of halogens is 3. The first-order valence-corrected chi connectivity index (χ1v) is 7.42. The Hall–Kier alpha value is -0.290. The first-order valence-electron chi connectivity index (χ1n) is 6.25. The van der Waals surface area contributed by atoms with Crippen LogP contribution in [0.2, 0.25) is 5.02 Å². The molecular weight excluding hydrogens is 363 g/mol. The number of hydrogen-bond acceptors (Lipinski definition) is 2. The first-order chi connectivity index (χ1) is 8.77. The van der Waals surface area contributed by atoms with Crippen molar-refractivity contribution in [3.63, 3.8) is 0 Å². The van der Waals surface area contributed by atoms with Crippen molar-refractivity contribution in [2.45, 2.75) is 32.7 Å². The molecule has 0 spiro atoms. The highest BCUT2D eigenvalue weighted by atomic mass is 79.9. The van der Waals surface area contributed by atoms with Gasteiger partial charge in [-0.05, 0) is 37.5 Å². The maximum Gasteiger partial charge on any atom is 0.253 e. The van der Waals surface area contributed by atoms with E-state index in [1.54, 1.807) is 18.2 Å². The van der Waals surface area contributed by atoms with Crippen LogP contribution >= 0.6 is 39.9 Å². The topological polar surface area (TPSA) is 55.1 Å². The van der Waals surface area contributed by atoms with E-state index in [0.29, 0.717) is 23.0 Å². The van der Waals surface area contributed by atoms with E-state index in [0.717, 1.165) is 10.9 Å². The van der Waals surface area contributed by atoms with Crippen molar-refractivity contribution in [2.75, 3.05) is 6.54 Å². The molecule has 6 heteroatoms. The zero-order chi connectivity index (χ0) is 14.6. The van der Waals surface area contributed by atoms with Gasteiger partial charge in [0.25, 0.3) is 5.91 Å². The fourth-order valence-electron chi connectivity index (χ4n) is 2.10. The molecule has 3 nitrogen and oxygen atoms in total. The SMILES string of the molecule is CC(C)CC(C)(CN)NC(=O)c1ccc(Br)cc1Cl.Cl. The van der Waals surface area contributed by atoms with Crippen molar-refractivity contribution in [3.8, 4) is 0 Å². The summed E-state index contributed by atoms with van der Waals surface area (Å²) in [6.07, 6.45) is 0.823. The third-order valence-electron chi connectivity index (χ3n) is 2.90. The van der Waals surface area contributed by atoms with Gasteiger partial charge in [-0.2, -0.15) is 0 Å². The molecule has 114 valence electrons. The van der Waals surface area contributed by atoms with E-state index in [9.17, 15) is 4.79 Å². The van der Waals surface area contributed by atoms with E-state index in [2.05, 4.69) is 35.1 Å². The molecule has 0 saturated heterocycles. The summed E-state index contributed by atoms with van der Waals surface area (Å²) >= 11 is 9.40. The number of hydrogen-bond donors (Lipinski definition) is 2. The molecule has 0 heterocycles. The Morgan fingerprint density at radius 2 is 2.10 bits per heavy atom. The zero-order valence-corrected chi connectivity index (χ0v) is 15.0. The van der Waals surface area contributed by atoms with Gasteiger partial charge in [0, 0.05) is 16.6 Å². The summed E-state index contributed by atoms with van der Waals surface area (Å²) in [7, 11) is 0. The second-order valence-corrected chi connectivity index (χ2v) is 6.76. The predicted molar refractivity (Wildman–Crippen MR) is 90.8 cm³/mol. The lowest BCUT2D eigenvalue weighted by atomic mass is 9.90. The normalized spacial score (nSPS) is 13.6. The number of carbonyl (C=O) groups is 1. The number of amides is 1. The van der Waals surface area contributed by atoms with Gasteiger partial charge in [0.15, 0.2) is 0 Å². The van der Waals surface area contributed by atoms with Gasteiger partial charge in [0.1, 0.15) is 0 Å². The smallest absolute Gasteiger partial charge is 0.253 e. The standard InChI is InChI=1S/C14H20BrClN2O.ClH/c1-9(2)7-14(3,8-17)18-13(19)11-5-4-10(15)6-12(11)16;/h4-6,9H,7-8,17H2,1-3H3,(H,18,19);1H. The van der Waals surface area contributed by atoms with Crippen molar-refractivity contribution in [1.82, 2.24) is 5.32 Å². The van der Waals surface area contributed by atoms with Crippen molar-refractivity contribution >= 4 is 45.8 Å². The van der Waals surface area contributed by atoms with Gasteiger partial charge in [-0.3, -0.25) is 4.79 Å². The second-order valence-electron chi connectivity index (χ2n) is 5.44. The van der Waals surface area contributed by atoms with Crippen LogP contribution in [0.1, 0.15) is 37.6 Å². The summed E-state index contributed by atoms with van der Waals surface area (Å²) in [4.78, 5) is 12.3. The van der Waals surface area contributed by atoms with Gasteiger partial charge in [-0.25, -0.2) is 0 Å². The van der Waals surface area contributed by atoms with Crippen LogP contribution in [0.15, 0.2) is 22.7 Å². The lowest BCUT2D eigenvalue weighted by molar-refractivity contribution is 0.0898. The number of rotatable bonds is 5. The van der Waals surface area contributed by atoms with E-state index < -0.39 is 5.54 Å². The maximum atomic E-state index is 12.3. The van der Waals surface area contributed by atoms with E-state index >= 15 is 0 Å². The van der Waals surface area contributed by atoms with Gasteiger partial charge < -0.3 is 11.1 Å². The molecular formula is C14H21BrCl2N2O. The van der Waals surface area contributed by atoms with E-state index in [4.69, 9.17) is 17.3 Å². The van der Waals surface area contributed by atoms with Gasteiger partial charge in [-0.1, -0.05) is 41.4 Å². The number of carbonyl (C=O) groups excluding carboxylic acids is 1. The molecule has 0 aromatic heterocycles. The Morgan fingerprint density at radius 1 is 1.50 bits per heavy atom. The molecule has 1 amide bonds. The Labute approximate surface area is 140 Å². The lowest BCUT2D eigenvalue weighted by Gasteiger charge is -2.31. The quantitative estimate of drug-likeness (QED) is 0.806. The van der Waals surface area contributed by atoms with Crippen molar-refractivity contribution < 1.29 is 4.79 Å². The summed E-state index contributed by atoms with van der Waals surface area (Å²) in [5.41, 5.74) is 5.84. The average Bonchev–Trinajstić information content (AvgIpc) is 2.27. The molecule has 0 aliphatic rings. The molecule has 1 rings (SSSR count). The fraction of sp³-hybridized carbons (Fsp3) is 0.500. The van der Waals surface area contributed by atoms with Gasteiger partial charge in [-0.15, -0.1) is 12.4 Å². The maximum absolute atomic E-state index is 12.3. The summed E-state index contributed by atoms with van der Waals surface area (Å²) in [6, 6.07) is 5.20.